The summed E-state index contributed by atoms with van der Waals surface area (Å²) < 4.78 is 46.9. The quantitative estimate of drug-likeness (QED) is 0.212. The Hall–Kier alpha value is -2.47. The van der Waals surface area contributed by atoms with Crippen molar-refractivity contribution in [3.05, 3.63) is 87.6 Å². The van der Waals surface area contributed by atoms with Gasteiger partial charge in [-0.2, -0.15) is 23.3 Å². The molecule has 47 heavy (non-hydrogen) atoms. The predicted molar refractivity (Wildman–Crippen MR) is 162 cm³/mol. The van der Waals surface area contributed by atoms with Crippen molar-refractivity contribution >= 4 is 11.6 Å². The van der Waals surface area contributed by atoms with E-state index < -0.39 is 31.4 Å². The summed E-state index contributed by atoms with van der Waals surface area (Å²) >= 11 is 0. The van der Waals surface area contributed by atoms with Gasteiger partial charge in [0, 0.05) is 23.6 Å². The molecule has 0 amide bonds. The molecule has 3 N–H and O–H groups in total. The first kappa shape index (κ1) is 35.8. The van der Waals surface area contributed by atoms with E-state index in [1.54, 1.807) is 9.08 Å². The van der Waals surface area contributed by atoms with Crippen molar-refractivity contribution < 1.29 is 84.3 Å². The third-order valence-electron chi connectivity index (χ3n) is 8.52. The molecule has 2 unspecified atom stereocenters. The van der Waals surface area contributed by atoms with Crippen LogP contribution >= 0.6 is 0 Å². The third-order valence-corrected chi connectivity index (χ3v) is 8.52. The van der Waals surface area contributed by atoms with Gasteiger partial charge in [-0.25, -0.2) is 19.8 Å². The number of fused-ring (bicyclic) bond motifs is 1. The second kappa shape index (κ2) is 15.4. The molecule has 1 saturated carbocycles. The summed E-state index contributed by atoms with van der Waals surface area (Å²) in [4.78, 5) is 27.7. The maximum absolute atomic E-state index is 14.2. The number of nitrogens with zero attached hydrogens (tertiary/aromatic N) is 5. The molecular formula is C32H35F3KN6O5+. The first-order valence-electron chi connectivity index (χ1n) is 15.3. The average molecular weight is 680 g/mol. The van der Waals surface area contributed by atoms with Crippen molar-refractivity contribution in [1.82, 2.24) is 24.6 Å². The van der Waals surface area contributed by atoms with Gasteiger partial charge in [0.15, 0.2) is 11.9 Å². The van der Waals surface area contributed by atoms with Crippen LogP contribution in [0.1, 0.15) is 67.5 Å². The molecule has 6 rings (SSSR count). The van der Waals surface area contributed by atoms with Gasteiger partial charge >= 0.3 is 57.6 Å². The van der Waals surface area contributed by atoms with E-state index >= 15 is 0 Å². The van der Waals surface area contributed by atoms with E-state index in [0.29, 0.717) is 55.7 Å². The molecule has 2 aliphatic rings. The summed E-state index contributed by atoms with van der Waals surface area (Å²) in [5.74, 6) is 0.871. The second-order valence-electron chi connectivity index (χ2n) is 11.6. The summed E-state index contributed by atoms with van der Waals surface area (Å²) in [6, 6.07) is 15.3. The molecule has 11 nitrogen and oxygen atoms in total. The third kappa shape index (κ3) is 7.89. The number of halogens is 3. The molecule has 2 atom stereocenters. The summed E-state index contributed by atoms with van der Waals surface area (Å²) in [5, 5.41) is 23.4. The van der Waals surface area contributed by atoms with Crippen LogP contribution in [-0.4, -0.2) is 66.6 Å². The van der Waals surface area contributed by atoms with Gasteiger partial charge in [-0.1, -0.05) is 61.9 Å². The number of aromatic nitrogens is 4. The van der Waals surface area contributed by atoms with Crippen LogP contribution < -0.4 is 62.4 Å². The van der Waals surface area contributed by atoms with Crippen molar-refractivity contribution in [2.24, 2.45) is 4.99 Å². The Kier molecular flexibility index (Phi) is 11.7. The van der Waals surface area contributed by atoms with Crippen LogP contribution in [0.5, 0.6) is 0 Å². The Bertz CT molecular complexity index is 1770. The van der Waals surface area contributed by atoms with Crippen LogP contribution in [0.2, 0.25) is 0 Å². The number of nitrogens with one attached hydrogen (secondary N) is 1. The molecule has 1 aliphatic heterocycles. The minimum Gasteiger partial charge on any atom is -0.382 e. The SMILES string of the molecule is CCCc1c(Cc2ccc(-c3ccccc3C3=NC(O)ON3)cc2)c(=O)n(C2CCC(OCC(O)C(F)(F)F)CC2)c2ncnn12.[K+]. The Labute approximate surface area is 311 Å². The van der Waals surface area contributed by atoms with Crippen molar-refractivity contribution in [1.29, 1.82) is 0 Å². The predicted octanol–water partition coefficient (Wildman–Crippen LogP) is 1.09. The van der Waals surface area contributed by atoms with E-state index in [9.17, 15) is 28.2 Å². The summed E-state index contributed by atoms with van der Waals surface area (Å²) in [7, 11) is 0. The van der Waals surface area contributed by atoms with Crippen molar-refractivity contribution in [3.8, 4) is 11.1 Å². The van der Waals surface area contributed by atoms with Crippen LogP contribution in [-0.2, 0) is 22.4 Å². The number of hydrogen-bond acceptors (Lipinski definition) is 9. The van der Waals surface area contributed by atoms with E-state index in [2.05, 4.69) is 20.6 Å². The number of aliphatic imine (C=N–C) groups is 1. The largest absolute Gasteiger partial charge is 1.00 e. The fraction of sp³-hybridized carbons (Fsp3) is 0.438. The number of hydrogen-bond donors (Lipinski definition) is 3. The van der Waals surface area contributed by atoms with E-state index in [4.69, 9.17) is 9.57 Å². The number of rotatable bonds is 10. The topological polar surface area (TPSA) is 136 Å². The fourth-order valence-corrected chi connectivity index (χ4v) is 6.21. The monoisotopic (exact) mass is 679 g/mol. The molecule has 3 heterocycles. The molecule has 0 radical (unpaired) electrons. The smallest absolute Gasteiger partial charge is 0.382 e. The summed E-state index contributed by atoms with van der Waals surface area (Å²) in [5.41, 5.74) is 7.43. The van der Waals surface area contributed by atoms with E-state index in [0.717, 1.165) is 34.4 Å². The number of amidine groups is 1. The van der Waals surface area contributed by atoms with Crippen LogP contribution in [0.15, 0.2) is 64.6 Å². The number of aliphatic hydroxyl groups is 2. The van der Waals surface area contributed by atoms with Gasteiger partial charge in [-0.15, -0.1) is 0 Å². The number of benzene rings is 2. The molecule has 2 aromatic heterocycles. The normalized spacial score (nSPS) is 20.5. The Morgan fingerprint density at radius 3 is 2.43 bits per heavy atom. The van der Waals surface area contributed by atoms with Crippen molar-refractivity contribution in [2.75, 3.05) is 6.61 Å². The Morgan fingerprint density at radius 1 is 1.09 bits per heavy atom. The molecular weight excluding hydrogens is 644 g/mol. The molecule has 0 spiro atoms. The first-order valence-corrected chi connectivity index (χ1v) is 15.3. The van der Waals surface area contributed by atoms with E-state index in [-0.39, 0.29) is 63.0 Å². The average Bonchev–Trinajstić information content (AvgIpc) is 3.71. The van der Waals surface area contributed by atoms with Crippen LogP contribution in [0.4, 0.5) is 13.2 Å². The Morgan fingerprint density at radius 2 is 1.79 bits per heavy atom. The standard InChI is InChI=1S/C32H35F3N6O5.K/c1-2-5-26-25(16-19-8-10-20(11-9-19)23-6-3-4-7-24(23)28-38-31(44)46-39-28)29(43)40(30-36-18-37-41(26)30)21-12-14-22(15-13-21)45-17-27(42)32(33,34)35;/h3-4,6-11,18,21-22,27,31,42,44H,2,5,12-17H2,1H3,(H,38,39);/q;+1. The zero-order valence-electron chi connectivity index (χ0n) is 26.2. The maximum atomic E-state index is 14.2. The molecule has 15 heteroatoms. The second-order valence-corrected chi connectivity index (χ2v) is 11.6. The number of ether oxygens (including phenoxy) is 1. The Balaban J connectivity index is 0.00000433. The minimum absolute atomic E-state index is 0. The van der Waals surface area contributed by atoms with Gasteiger partial charge in [0.2, 0.25) is 5.78 Å². The van der Waals surface area contributed by atoms with Gasteiger partial charge in [-0.3, -0.25) is 9.36 Å². The zero-order chi connectivity index (χ0) is 32.4. The van der Waals surface area contributed by atoms with Crippen molar-refractivity contribution in [3.63, 3.8) is 0 Å². The van der Waals surface area contributed by atoms with Gasteiger partial charge in [-0.05, 0) is 48.8 Å². The summed E-state index contributed by atoms with van der Waals surface area (Å²) in [6.45, 7) is 1.23. The van der Waals surface area contributed by atoms with E-state index in [1.165, 1.54) is 6.33 Å². The van der Waals surface area contributed by atoms with Crippen LogP contribution in [0.3, 0.4) is 0 Å². The maximum Gasteiger partial charge on any atom is 1.00 e. The molecule has 0 saturated heterocycles. The van der Waals surface area contributed by atoms with Gasteiger partial charge < -0.3 is 14.9 Å². The molecule has 1 fully saturated rings. The molecule has 2 aromatic carbocycles. The number of hydroxylamine groups is 1. The van der Waals surface area contributed by atoms with Crippen LogP contribution in [0.25, 0.3) is 16.9 Å². The van der Waals surface area contributed by atoms with Crippen LogP contribution in [0, 0.1) is 0 Å². The molecule has 244 valence electrons. The number of aryl methyl sites for hydroxylation is 1. The summed E-state index contributed by atoms with van der Waals surface area (Å²) in [6.07, 6.45) is -3.81. The molecule has 1 aliphatic carbocycles. The number of aliphatic hydroxyl groups excluding tert-OH is 2. The first-order chi connectivity index (χ1) is 22.1. The van der Waals surface area contributed by atoms with Gasteiger partial charge in [0.05, 0.1) is 18.4 Å². The van der Waals surface area contributed by atoms with E-state index in [1.807, 2.05) is 55.5 Å². The minimum atomic E-state index is -4.73. The van der Waals surface area contributed by atoms with Crippen molar-refractivity contribution in [2.45, 2.75) is 82.7 Å². The van der Waals surface area contributed by atoms with Gasteiger partial charge in [0.1, 0.15) is 6.33 Å². The number of alkyl halides is 3. The zero-order valence-corrected chi connectivity index (χ0v) is 29.3. The fourth-order valence-electron chi connectivity index (χ4n) is 6.21. The molecule has 0 bridgehead atoms. The molecule has 4 aromatic rings. The van der Waals surface area contributed by atoms with Gasteiger partial charge in [0.25, 0.3) is 12.0 Å².